The van der Waals surface area contributed by atoms with Crippen LogP contribution < -0.4 is 0 Å². The molecule has 0 atom stereocenters. The fourth-order valence-corrected chi connectivity index (χ4v) is 0.103. The van der Waals surface area contributed by atoms with Crippen LogP contribution in [0.5, 0.6) is 0 Å². The predicted octanol–water partition coefficient (Wildman–Crippen LogP) is 2.87. The first-order valence-corrected chi connectivity index (χ1v) is 2.27. The summed E-state index contributed by atoms with van der Waals surface area (Å²) in [6, 6.07) is 0. The maximum atomic E-state index is 11.4. The standard InChI is InChI=1S/C3HCl2F3/c4-2(1-6)3(5,7)8/h1H. The van der Waals surface area contributed by atoms with Crippen LogP contribution in [0.3, 0.4) is 0 Å². The molecule has 0 bridgehead atoms. The predicted molar refractivity (Wildman–Crippen MR) is 25.8 cm³/mol. The minimum atomic E-state index is -3.77. The van der Waals surface area contributed by atoms with Crippen molar-refractivity contribution in [2.75, 3.05) is 0 Å². The molecule has 0 aliphatic heterocycles. The summed E-state index contributed by atoms with van der Waals surface area (Å²) in [5.41, 5.74) is 0. The fourth-order valence-electron chi connectivity index (χ4n) is 0.0619. The lowest BCUT2D eigenvalue weighted by atomic mass is 10.6. The van der Waals surface area contributed by atoms with Crippen LogP contribution in [-0.2, 0) is 0 Å². The van der Waals surface area contributed by atoms with E-state index in [9.17, 15) is 13.2 Å². The van der Waals surface area contributed by atoms with Gasteiger partial charge in [0.2, 0.25) is 0 Å². The molecule has 0 fully saturated rings. The molecule has 0 aromatic carbocycles. The summed E-state index contributed by atoms with van der Waals surface area (Å²) in [5, 5.41) is -5.07. The highest BCUT2D eigenvalue weighted by Crippen LogP contribution is 2.30. The van der Waals surface area contributed by atoms with Crippen LogP contribution in [0.15, 0.2) is 11.4 Å². The highest BCUT2D eigenvalue weighted by molar-refractivity contribution is 6.37. The van der Waals surface area contributed by atoms with Crippen LogP contribution in [0.1, 0.15) is 0 Å². The van der Waals surface area contributed by atoms with Crippen molar-refractivity contribution in [1.82, 2.24) is 0 Å². The Labute approximate surface area is 53.9 Å². The van der Waals surface area contributed by atoms with Crippen LogP contribution in [0.2, 0.25) is 0 Å². The van der Waals surface area contributed by atoms with Gasteiger partial charge in [-0.3, -0.25) is 0 Å². The Morgan fingerprint density at radius 1 is 1.50 bits per heavy atom. The first kappa shape index (κ1) is 8.11. The third-order valence-electron chi connectivity index (χ3n) is 0.367. The average molecular weight is 165 g/mol. The number of allylic oxidation sites excluding steroid dienone is 1. The molecule has 0 aromatic rings. The summed E-state index contributed by atoms with van der Waals surface area (Å²) in [4.78, 5) is 0. The van der Waals surface area contributed by atoms with E-state index in [2.05, 4.69) is 23.2 Å². The van der Waals surface area contributed by atoms with Gasteiger partial charge in [-0.15, -0.1) is 0 Å². The molecule has 0 amide bonds. The molecule has 0 spiro atoms. The lowest BCUT2D eigenvalue weighted by molar-refractivity contribution is 0.146. The molecule has 0 aliphatic rings. The molecule has 0 aliphatic carbocycles. The van der Waals surface area contributed by atoms with Crippen LogP contribution in [0.4, 0.5) is 13.2 Å². The van der Waals surface area contributed by atoms with E-state index in [1.165, 1.54) is 0 Å². The molecule has 0 rings (SSSR count). The topological polar surface area (TPSA) is 0 Å². The maximum Gasteiger partial charge on any atom is 0.360 e. The van der Waals surface area contributed by atoms with Crippen molar-refractivity contribution in [3.05, 3.63) is 11.4 Å². The number of alkyl halides is 3. The van der Waals surface area contributed by atoms with E-state index in [1.54, 1.807) is 0 Å². The molecule has 0 heterocycles. The molecule has 0 radical (unpaired) electrons. The molecule has 8 heavy (non-hydrogen) atoms. The number of halogens is 5. The molecular formula is C3HCl2F3. The van der Waals surface area contributed by atoms with E-state index in [-0.39, 0.29) is 0 Å². The van der Waals surface area contributed by atoms with Crippen molar-refractivity contribution < 1.29 is 13.2 Å². The number of rotatable bonds is 1. The smallest absolute Gasteiger partial charge is 0.214 e. The Kier molecular flexibility index (Phi) is 2.63. The van der Waals surface area contributed by atoms with E-state index < -0.39 is 16.7 Å². The summed E-state index contributed by atoms with van der Waals surface area (Å²) in [7, 11) is 0. The number of hydrogen-bond donors (Lipinski definition) is 0. The first-order chi connectivity index (χ1) is 3.48. The fraction of sp³-hybridized carbons (Fsp3) is 0.333. The minimum absolute atomic E-state index is 0.450. The van der Waals surface area contributed by atoms with E-state index in [0.29, 0.717) is 0 Å². The molecular weight excluding hydrogens is 164 g/mol. The Morgan fingerprint density at radius 2 is 1.88 bits per heavy atom. The van der Waals surface area contributed by atoms with Crippen molar-refractivity contribution in [1.29, 1.82) is 0 Å². The SMILES string of the molecule is FC=C(Cl)C(F)(F)Cl. The highest BCUT2D eigenvalue weighted by atomic mass is 35.5. The van der Waals surface area contributed by atoms with Crippen LogP contribution in [0.25, 0.3) is 0 Å². The second kappa shape index (κ2) is 2.60. The Balaban J connectivity index is 4.03. The third-order valence-corrected chi connectivity index (χ3v) is 0.987. The van der Waals surface area contributed by atoms with Gasteiger partial charge in [0.15, 0.2) is 0 Å². The minimum Gasteiger partial charge on any atom is -0.214 e. The van der Waals surface area contributed by atoms with Gasteiger partial charge in [0.05, 0.1) is 0 Å². The number of hydrogen-bond acceptors (Lipinski definition) is 0. The van der Waals surface area contributed by atoms with Crippen LogP contribution >= 0.6 is 23.2 Å². The van der Waals surface area contributed by atoms with Gasteiger partial charge in [-0.2, -0.15) is 8.78 Å². The van der Waals surface area contributed by atoms with Crippen molar-refractivity contribution in [2.45, 2.75) is 5.38 Å². The van der Waals surface area contributed by atoms with Crippen molar-refractivity contribution in [3.63, 3.8) is 0 Å². The molecule has 0 nitrogen and oxygen atoms in total. The van der Waals surface area contributed by atoms with Gasteiger partial charge in [0.1, 0.15) is 11.4 Å². The van der Waals surface area contributed by atoms with Gasteiger partial charge in [0.25, 0.3) is 0 Å². The lowest BCUT2D eigenvalue weighted by Crippen LogP contribution is -2.03. The van der Waals surface area contributed by atoms with Crippen molar-refractivity contribution in [2.24, 2.45) is 0 Å². The maximum absolute atomic E-state index is 11.4. The van der Waals surface area contributed by atoms with E-state index in [4.69, 9.17) is 0 Å². The van der Waals surface area contributed by atoms with Gasteiger partial charge < -0.3 is 0 Å². The second-order valence-corrected chi connectivity index (χ2v) is 1.84. The van der Waals surface area contributed by atoms with Crippen molar-refractivity contribution in [3.8, 4) is 0 Å². The summed E-state index contributed by atoms with van der Waals surface area (Å²) in [6.07, 6.45) is -0.450. The summed E-state index contributed by atoms with van der Waals surface area (Å²) >= 11 is 8.76. The quantitative estimate of drug-likeness (QED) is 0.524. The summed E-state index contributed by atoms with van der Waals surface area (Å²) in [6.45, 7) is 0. The molecule has 0 saturated carbocycles. The zero-order valence-electron chi connectivity index (χ0n) is 3.47. The molecule has 0 N–H and O–H groups in total. The zero-order chi connectivity index (χ0) is 6.78. The van der Waals surface area contributed by atoms with E-state index in [1.807, 2.05) is 0 Å². The van der Waals surface area contributed by atoms with Crippen LogP contribution in [0, 0.1) is 0 Å². The van der Waals surface area contributed by atoms with Gasteiger partial charge >= 0.3 is 5.38 Å². The van der Waals surface area contributed by atoms with Gasteiger partial charge in [-0.25, -0.2) is 4.39 Å². The van der Waals surface area contributed by atoms with Crippen molar-refractivity contribution >= 4 is 23.2 Å². The normalized spacial score (nSPS) is 14.4. The second-order valence-electron chi connectivity index (χ2n) is 0.955. The molecule has 0 unspecified atom stereocenters. The average Bonchev–Trinajstić information content (AvgIpc) is 1.62. The molecule has 5 heteroatoms. The van der Waals surface area contributed by atoms with E-state index >= 15 is 0 Å². The van der Waals surface area contributed by atoms with Gasteiger partial charge in [0, 0.05) is 0 Å². The third kappa shape index (κ3) is 2.43. The van der Waals surface area contributed by atoms with Gasteiger partial charge in [-0.05, 0) is 11.6 Å². The molecule has 0 saturated heterocycles. The Hall–Kier alpha value is 0.110. The monoisotopic (exact) mass is 164 g/mol. The Bertz CT molecular complexity index is 104. The summed E-state index contributed by atoms with van der Waals surface area (Å²) in [5.74, 6) is 0. The zero-order valence-corrected chi connectivity index (χ0v) is 4.98. The molecule has 48 valence electrons. The van der Waals surface area contributed by atoms with E-state index in [0.717, 1.165) is 0 Å². The summed E-state index contributed by atoms with van der Waals surface area (Å²) < 4.78 is 33.9. The molecule has 0 aromatic heterocycles. The van der Waals surface area contributed by atoms with Crippen LogP contribution in [-0.4, -0.2) is 5.38 Å². The first-order valence-electron chi connectivity index (χ1n) is 1.51. The largest absolute Gasteiger partial charge is 0.360 e. The lowest BCUT2D eigenvalue weighted by Gasteiger charge is -2.01. The highest BCUT2D eigenvalue weighted by Gasteiger charge is 2.29. The van der Waals surface area contributed by atoms with Gasteiger partial charge in [-0.1, -0.05) is 11.6 Å². The Morgan fingerprint density at radius 3 is 1.88 bits per heavy atom.